The maximum atomic E-state index is 13.2. The topological polar surface area (TPSA) is 68.6 Å². The second kappa shape index (κ2) is 11.1. The van der Waals surface area contributed by atoms with Gasteiger partial charge < -0.3 is 4.74 Å². The number of hydrogen-bond donors (Lipinski definition) is 1. The fraction of sp³-hybridized carbons (Fsp3) is 0.321. The lowest BCUT2D eigenvalue weighted by molar-refractivity contribution is -0.137. The monoisotopic (exact) mass is 542 g/mol. The Balaban J connectivity index is 1.58. The summed E-state index contributed by atoms with van der Waals surface area (Å²) in [6.45, 7) is 4.09. The first-order chi connectivity index (χ1) is 17.9. The molecule has 0 amide bonds. The number of hydroxylamine groups is 1. The molecular formula is C28H29F3N4O2S. The van der Waals surface area contributed by atoms with Gasteiger partial charge in [-0.3, -0.25) is 9.83 Å². The molecule has 1 aliphatic heterocycles. The van der Waals surface area contributed by atoms with Crippen LogP contribution in [-0.4, -0.2) is 47.2 Å². The van der Waals surface area contributed by atoms with Crippen molar-refractivity contribution in [2.75, 3.05) is 25.4 Å². The Bertz CT molecular complexity index is 1420. The summed E-state index contributed by atoms with van der Waals surface area (Å²) in [5, 5.41) is 3.33. The van der Waals surface area contributed by atoms with E-state index in [-0.39, 0.29) is 17.5 Å². The van der Waals surface area contributed by atoms with Gasteiger partial charge in [0, 0.05) is 5.56 Å². The molecule has 0 saturated heterocycles. The molecule has 1 N–H and O–H groups in total. The third-order valence-corrected chi connectivity index (χ3v) is 6.26. The van der Waals surface area contributed by atoms with E-state index in [1.165, 1.54) is 18.3 Å². The smallest absolute Gasteiger partial charge is 0.416 e. The first kappa shape index (κ1) is 27.5. The molecule has 1 aromatic heterocycles. The number of nitrogens with one attached hydrogen (secondary N) is 1. The van der Waals surface area contributed by atoms with E-state index < -0.39 is 21.8 Å². The molecule has 0 saturated carbocycles. The molecule has 2 aromatic carbocycles. The van der Waals surface area contributed by atoms with Crippen LogP contribution in [0.15, 0.2) is 53.7 Å². The first-order valence-corrected chi connectivity index (χ1v) is 14.7. The first-order valence-electron chi connectivity index (χ1n) is 11.8. The van der Waals surface area contributed by atoms with Crippen molar-refractivity contribution in [3.05, 3.63) is 82.4 Å². The van der Waals surface area contributed by atoms with E-state index >= 15 is 0 Å². The van der Waals surface area contributed by atoms with E-state index in [2.05, 4.69) is 57.5 Å². The maximum absolute atomic E-state index is 13.2. The lowest BCUT2D eigenvalue weighted by Gasteiger charge is -2.23. The van der Waals surface area contributed by atoms with Crippen LogP contribution < -0.4 is 10.2 Å². The summed E-state index contributed by atoms with van der Waals surface area (Å²) in [7, 11) is -0.909. The molecule has 6 nitrogen and oxygen atoms in total. The Morgan fingerprint density at radius 3 is 2.63 bits per heavy atom. The fourth-order valence-corrected chi connectivity index (χ4v) is 4.13. The average Bonchev–Trinajstić information content (AvgIpc) is 2.85. The molecule has 1 atom stereocenters. The summed E-state index contributed by atoms with van der Waals surface area (Å²) < 4.78 is 45.2. The molecule has 0 fully saturated rings. The predicted octanol–water partition coefficient (Wildman–Crippen LogP) is 5.80. The highest BCUT2D eigenvalue weighted by Gasteiger charge is 2.31. The van der Waals surface area contributed by atoms with Crippen molar-refractivity contribution in [1.29, 1.82) is 0 Å². The Kier molecular flexibility index (Phi) is 7.99. The zero-order chi connectivity index (χ0) is 27.5. The van der Waals surface area contributed by atoms with Crippen LogP contribution in [-0.2, 0) is 17.4 Å². The summed E-state index contributed by atoms with van der Waals surface area (Å²) in [5.41, 5.74) is 5.48. The number of rotatable bonds is 5. The number of aromatic nitrogens is 2. The molecule has 2 heterocycles. The summed E-state index contributed by atoms with van der Waals surface area (Å²) in [5.74, 6) is 4.20. The number of amidine groups is 1. The van der Waals surface area contributed by atoms with Crippen molar-refractivity contribution < 1.29 is 22.7 Å². The van der Waals surface area contributed by atoms with E-state index in [9.17, 15) is 13.2 Å². The fourth-order valence-electron chi connectivity index (χ4n) is 3.70. The molecule has 1 aliphatic rings. The number of nitrogens with zero attached hydrogens (tertiary/aromatic N) is 3. The summed E-state index contributed by atoms with van der Waals surface area (Å²) in [6, 6.07) is 10.6. The van der Waals surface area contributed by atoms with Crippen LogP contribution in [0.5, 0.6) is 11.5 Å². The van der Waals surface area contributed by atoms with Crippen molar-refractivity contribution >= 4 is 15.9 Å². The number of benzene rings is 2. The minimum Gasteiger partial charge on any atom is -0.453 e. The van der Waals surface area contributed by atoms with Gasteiger partial charge in [-0.25, -0.2) is 15.4 Å². The van der Waals surface area contributed by atoms with Crippen molar-refractivity contribution in [3.8, 4) is 22.7 Å². The number of aryl methyl sites for hydroxylation is 2. The minimum absolute atomic E-state index is 0.00859. The van der Waals surface area contributed by atoms with Crippen LogP contribution in [0.25, 0.3) is 0 Å². The van der Waals surface area contributed by atoms with Gasteiger partial charge in [0.25, 0.3) is 0 Å². The molecule has 1 unspecified atom stereocenters. The van der Waals surface area contributed by atoms with Gasteiger partial charge in [0.15, 0.2) is 17.3 Å². The van der Waals surface area contributed by atoms with E-state index in [1.54, 1.807) is 6.92 Å². The van der Waals surface area contributed by atoms with Crippen LogP contribution in [0, 0.1) is 25.0 Å². The molecule has 0 radical (unpaired) electrons. The number of halogens is 3. The highest BCUT2D eigenvalue weighted by atomic mass is 32.3. The summed E-state index contributed by atoms with van der Waals surface area (Å²) in [4.78, 5) is 19.0. The van der Waals surface area contributed by atoms with E-state index in [1.807, 2.05) is 13.0 Å². The lowest BCUT2D eigenvalue weighted by Crippen LogP contribution is -2.37. The molecule has 0 bridgehead atoms. The molecule has 200 valence electrons. The molecular weight excluding hydrogens is 513 g/mol. The third-order valence-electron chi connectivity index (χ3n) is 5.55. The highest BCUT2D eigenvalue weighted by Crippen LogP contribution is 2.34. The maximum Gasteiger partial charge on any atom is 0.416 e. The summed E-state index contributed by atoms with van der Waals surface area (Å²) in [6.07, 6.45) is 4.02. The van der Waals surface area contributed by atoms with Crippen molar-refractivity contribution in [2.24, 2.45) is 4.99 Å². The molecule has 10 heteroatoms. The van der Waals surface area contributed by atoms with Gasteiger partial charge in [-0.15, -0.1) is 0 Å². The number of ether oxygens (including phenoxy) is 1. The lowest BCUT2D eigenvalue weighted by atomic mass is 9.99. The van der Waals surface area contributed by atoms with Crippen molar-refractivity contribution in [2.45, 2.75) is 32.5 Å². The van der Waals surface area contributed by atoms with Gasteiger partial charge >= 0.3 is 6.18 Å². The predicted molar refractivity (Wildman–Crippen MR) is 145 cm³/mol. The van der Waals surface area contributed by atoms with Crippen molar-refractivity contribution in [3.63, 3.8) is 0 Å². The Labute approximate surface area is 222 Å². The molecule has 3 aromatic rings. The van der Waals surface area contributed by atoms with Crippen molar-refractivity contribution in [1.82, 2.24) is 15.4 Å². The van der Waals surface area contributed by atoms with Crippen LogP contribution in [0.2, 0.25) is 0 Å². The average molecular weight is 543 g/mol. The molecule has 0 aliphatic carbocycles. The highest BCUT2D eigenvalue weighted by molar-refractivity contribution is 8.35. The molecule has 4 rings (SSSR count). The quantitative estimate of drug-likeness (QED) is 0.413. The normalized spacial score (nSPS) is 16.1. The van der Waals surface area contributed by atoms with Gasteiger partial charge in [-0.2, -0.15) is 23.2 Å². The van der Waals surface area contributed by atoms with E-state index in [0.29, 0.717) is 30.4 Å². The summed E-state index contributed by atoms with van der Waals surface area (Å²) >= 11 is 0. The zero-order valence-electron chi connectivity index (χ0n) is 21.8. The number of hydrogen-bond acceptors (Lipinski definition) is 6. The largest absolute Gasteiger partial charge is 0.453 e. The molecule has 0 spiro atoms. The standard InChI is InChI=1S/C28H29F3N4O2S/c1-18-13-20(11-12-38(3,4)5)9-10-21(18)14-23-17-36-35-27(34-23)26-25(16-32-19(2)33-26)37-24-8-6-7-22(15-24)28(29,30)31/h6-10,13,15-16,23H,14,17H2,1-5H3,(H,34,35). The van der Waals surface area contributed by atoms with E-state index in [4.69, 9.17) is 14.6 Å². The van der Waals surface area contributed by atoms with Crippen LogP contribution in [0.3, 0.4) is 0 Å². The van der Waals surface area contributed by atoms with Crippen LogP contribution in [0.1, 0.15) is 33.8 Å². The Morgan fingerprint density at radius 1 is 1.13 bits per heavy atom. The minimum atomic E-state index is -4.49. The van der Waals surface area contributed by atoms with Gasteiger partial charge in [0.2, 0.25) is 0 Å². The zero-order valence-corrected chi connectivity index (χ0v) is 22.6. The second-order valence-corrected chi connectivity index (χ2v) is 13.6. The van der Waals surface area contributed by atoms with Crippen LogP contribution in [0.4, 0.5) is 13.2 Å². The number of aliphatic imine (C=N–C) groups is 1. The second-order valence-electron chi connectivity index (χ2n) is 9.71. The van der Waals surface area contributed by atoms with Gasteiger partial charge in [-0.1, -0.05) is 18.1 Å². The van der Waals surface area contributed by atoms with E-state index in [0.717, 1.165) is 28.8 Å². The SMILES string of the molecule is Cc1ncc(Oc2cccc(C(F)(F)F)c2)c(C2=NC(Cc3ccc(C#CS(C)(C)C)cc3C)CON2)n1. The number of alkyl halides is 3. The van der Waals surface area contributed by atoms with Gasteiger partial charge in [0.05, 0.1) is 24.4 Å². The Morgan fingerprint density at radius 2 is 1.92 bits per heavy atom. The molecule has 38 heavy (non-hydrogen) atoms. The van der Waals surface area contributed by atoms with Crippen LogP contribution >= 0.6 is 10.0 Å². The van der Waals surface area contributed by atoms with Gasteiger partial charge in [-0.05, 0) is 85.7 Å². The Hall–Kier alpha value is -3.55. The third kappa shape index (κ3) is 7.27. The van der Waals surface area contributed by atoms with Gasteiger partial charge in [0.1, 0.15) is 11.6 Å².